The van der Waals surface area contributed by atoms with Crippen molar-refractivity contribution in [1.29, 1.82) is 0 Å². The average molecular weight is 291 g/mol. The lowest BCUT2D eigenvalue weighted by atomic mass is 10.2. The first-order valence-corrected chi connectivity index (χ1v) is 7.18. The maximum atomic E-state index is 8.63. The summed E-state index contributed by atoms with van der Waals surface area (Å²) in [4.78, 5) is 0. The van der Waals surface area contributed by atoms with Gasteiger partial charge in [-0.25, -0.2) is 17.6 Å². The van der Waals surface area contributed by atoms with Gasteiger partial charge in [-0.2, -0.15) is 0 Å². The molecule has 0 bridgehead atoms. The van der Waals surface area contributed by atoms with Crippen LogP contribution in [-0.4, -0.2) is 38.9 Å². The molecule has 0 amide bonds. The van der Waals surface area contributed by atoms with E-state index in [0.29, 0.717) is 0 Å². The fourth-order valence-electron chi connectivity index (χ4n) is 1.65. The van der Waals surface area contributed by atoms with E-state index in [1.807, 2.05) is 30.3 Å². The summed E-state index contributed by atoms with van der Waals surface area (Å²) >= 11 is 0. The second-order valence-corrected chi connectivity index (χ2v) is 5.64. The van der Waals surface area contributed by atoms with Crippen LogP contribution in [0.4, 0.5) is 0 Å². The highest BCUT2D eigenvalue weighted by molar-refractivity contribution is 7.79. The second-order valence-electron chi connectivity index (χ2n) is 4.00. The van der Waals surface area contributed by atoms with E-state index in [4.69, 9.17) is 22.3 Å². The quantitative estimate of drug-likeness (QED) is 0.319. The minimum absolute atomic E-state index is 0.306. The van der Waals surface area contributed by atoms with Gasteiger partial charge in [0.1, 0.15) is 22.6 Å². The zero-order chi connectivity index (χ0) is 13.8. The molecule has 1 aliphatic heterocycles. The molecule has 0 spiro atoms. The maximum Gasteiger partial charge on any atom is 0.245 e. The lowest BCUT2D eigenvalue weighted by molar-refractivity contribution is -0.671. The van der Waals surface area contributed by atoms with Crippen molar-refractivity contribution in [3.63, 3.8) is 0 Å². The van der Waals surface area contributed by atoms with E-state index in [0.717, 1.165) is 13.0 Å². The highest BCUT2D eigenvalue weighted by atomic mass is 32.3. The smallest absolute Gasteiger partial charge is 0.245 e. The van der Waals surface area contributed by atoms with E-state index in [-0.39, 0.29) is 5.35 Å². The van der Waals surface area contributed by atoms with Crippen LogP contribution in [-0.2, 0) is 27.5 Å². The average Bonchev–Trinajstić information content (AvgIpc) is 2.64. The zero-order valence-electron chi connectivity index (χ0n) is 9.94. The van der Waals surface area contributed by atoms with Gasteiger partial charge in [-0.15, -0.1) is 0 Å². The lowest BCUT2D eigenvalue weighted by Gasteiger charge is -2.30. The van der Waals surface area contributed by atoms with Crippen molar-refractivity contribution in [2.45, 2.75) is 24.6 Å². The third kappa shape index (κ3) is 5.27. The summed E-state index contributed by atoms with van der Waals surface area (Å²) in [6, 6.07) is 0. The minimum atomic E-state index is -4.92. The molecular formula is C9H15N2O5SSi. The predicted octanol–water partition coefficient (Wildman–Crippen LogP) is -0.703. The van der Waals surface area contributed by atoms with E-state index in [9.17, 15) is 0 Å². The number of ether oxygens (including phenoxy) is 1. The standard InChI is InChI=1S/C9H14N2OSi.H2O4S/c1-10-5-6-11(8-10)9(13)4-2-3-7-12-9;1-5(2,3)4/h5-6,8H,2-4,7H2,1H3;(H2,1,2,3,4)/q+1;/p-1. The normalized spacial score (nSPS) is 24.2. The summed E-state index contributed by atoms with van der Waals surface area (Å²) in [7, 11) is 0.792. The van der Waals surface area contributed by atoms with Gasteiger partial charge in [0.2, 0.25) is 16.7 Å². The molecule has 0 aliphatic carbocycles. The highest BCUT2D eigenvalue weighted by Crippen LogP contribution is 2.25. The number of aryl methyl sites for hydroxylation is 1. The van der Waals surface area contributed by atoms with Crippen molar-refractivity contribution in [2.24, 2.45) is 7.05 Å². The Labute approximate surface area is 109 Å². The Kier molecular flexibility index (Phi) is 5.05. The molecule has 0 aromatic carbocycles. The Hall–Kier alpha value is -0.743. The van der Waals surface area contributed by atoms with Crippen LogP contribution in [0.5, 0.6) is 0 Å². The molecule has 18 heavy (non-hydrogen) atoms. The van der Waals surface area contributed by atoms with E-state index in [1.54, 1.807) is 0 Å². The molecular weight excluding hydrogens is 276 g/mol. The molecule has 1 aromatic rings. The number of hydrogen-bond acceptors (Lipinski definition) is 4. The lowest BCUT2D eigenvalue weighted by Crippen LogP contribution is -2.40. The van der Waals surface area contributed by atoms with Crippen molar-refractivity contribution in [2.75, 3.05) is 6.61 Å². The van der Waals surface area contributed by atoms with E-state index >= 15 is 0 Å². The minimum Gasteiger partial charge on any atom is -0.726 e. The summed E-state index contributed by atoms with van der Waals surface area (Å²) in [5.41, 5.74) is 0. The van der Waals surface area contributed by atoms with Crippen molar-refractivity contribution >= 4 is 20.6 Å². The number of hydrogen-bond donors (Lipinski definition) is 1. The molecule has 1 aliphatic rings. The van der Waals surface area contributed by atoms with Crippen LogP contribution < -0.4 is 4.57 Å². The summed E-state index contributed by atoms with van der Waals surface area (Å²) in [6.07, 6.45) is 9.47. The van der Waals surface area contributed by atoms with Crippen molar-refractivity contribution in [1.82, 2.24) is 4.57 Å². The zero-order valence-corrected chi connectivity index (χ0v) is 11.8. The topological polar surface area (TPSA) is 95.5 Å². The van der Waals surface area contributed by atoms with Gasteiger partial charge in [-0.3, -0.25) is 4.55 Å². The fraction of sp³-hybridized carbons (Fsp3) is 0.667. The first-order valence-electron chi connectivity index (χ1n) is 5.32. The second kappa shape index (κ2) is 5.93. The maximum absolute atomic E-state index is 8.63. The summed E-state index contributed by atoms with van der Waals surface area (Å²) < 4.78 is 42.6. The number of nitrogens with zero attached hydrogens (tertiary/aromatic N) is 2. The van der Waals surface area contributed by atoms with Crippen LogP contribution in [0.25, 0.3) is 0 Å². The molecule has 2 heterocycles. The van der Waals surface area contributed by atoms with Crippen molar-refractivity contribution in [3.8, 4) is 0 Å². The Bertz CT molecular complexity index is 473. The molecule has 1 unspecified atom stereocenters. The van der Waals surface area contributed by atoms with Gasteiger partial charge in [0, 0.05) is 6.42 Å². The molecule has 9 heteroatoms. The fourth-order valence-corrected chi connectivity index (χ4v) is 2.06. The van der Waals surface area contributed by atoms with E-state index < -0.39 is 10.4 Å². The summed E-state index contributed by atoms with van der Waals surface area (Å²) in [5.74, 6) is 0. The molecule has 1 fully saturated rings. The van der Waals surface area contributed by atoms with Crippen LogP contribution >= 0.6 is 0 Å². The molecule has 0 saturated carbocycles. The Morgan fingerprint density at radius 1 is 1.56 bits per heavy atom. The van der Waals surface area contributed by atoms with Crippen molar-refractivity contribution in [3.05, 3.63) is 18.7 Å². The molecule has 2 rings (SSSR count). The van der Waals surface area contributed by atoms with E-state index in [1.165, 1.54) is 12.8 Å². The van der Waals surface area contributed by atoms with Gasteiger partial charge >= 0.3 is 0 Å². The third-order valence-electron chi connectivity index (χ3n) is 2.44. The largest absolute Gasteiger partial charge is 0.726 e. The van der Waals surface area contributed by atoms with Crippen LogP contribution in [0.15, 0.2) is 18.7 Å². The predicted molar refractivity (Wildman–Crippen MR) is 61.5 cm³/mol. The van der Waals surface area contributed by atoms with Gasteiger partial charge in [-0.1, -0.05) is 0 Å². The Balaban J connectivity index is 0.000000280. The molecule has 3 radical (unpaired) electrons. The van der Waals surface area contributed by atoms with Gasteiger partial charge in [0.25, 0.3) is 0 Å². The molecule has 101 valence electrons. The van der Waals surface area contributed by atoms with E-state index in [2.05, 4.69) is 14.8 Å². The Morgan fingerprint density at radius 2 is 2.17 bits per heavy atom. The Morgan fingerprint density at radius 3 is 2.56 bits per heavy atom. The van der Waals surface area contributed by atoms with Crippen LogP contribution in [0.2, 0.25) is 0 Å². The van der Waals surface area contributed by atoms with Gasteiger partial charge in [0.15, 0.2) is 5.35 Å². The van der Waals surface area contributed by atoms with Gasteiger partial charge in [0.05, 0.1) is 13.7 Å². The molecule has 1 atom stereocenters. The molecule has 1 N–H and O–H groups in total. The van der Waals surface area contributed by atoms with Crippen LogP contribution in [0.1, 0.15) is 19.3 Å². The molecule has 1 aromatic heterocycles. The molecule has 1 saturated heterocycles. The first kappa shape index (κ1) is 15.3. The first-order chi connectivity index (χ1) is 8.21. The van der Waals surface area contributed by atoms with Gasteiger partial charge in [-0.05, 0) is 12.8 Å². The number of aromatic nitrogens is 2. The summed E-state index contributed by atoms with van der Waals surface area (Å²) in [6.45, 7) is 0.839. The van der Waals surface area contributed by atoms with Crippen LogP contribution in [0.3, 0.4) is 0 Å². The number of rotatable bonds is 1. The van der Waals surface area contributed by atoms with Crippen molar-refractivity contribution < 1.29 is 26.8 Å². The molecule has 7 nitrogen and oxygen atoms in total. The van der Waals surface area contributed by atoms with Crippen LogP contribution in [0, 0.1) is 0 Å². The third-order valence-corrected chi connectivity index (χ3v) is 3.09. The summed E-state index contributed by atoms with van der Waals surface area (Å²) in [5, 5.41) is -0.306. The number of imidazole rings is 1. The highest BCUT2D eigenvalue weighted by Gasteiger charge is 2.33. The SMILES string of the molecule is C[n+]1ccn(C2([Si])CCCCO2)c1.O=S(=O)([O-])O. The van der Waals surface area contributed by atoms with Gasteiger partial charge < -0.3 is 9.29 Å². The monoisotopic (exact) mass is 291 g/mol.